The molecule has 0 aromatic heterocycles. The van der Waals surface area contributed by atoms with Gasteiger partial charge in [0.05, 0.1) is 26.4 Å². The first-order valence-corrected chi connectivity index (χ1v) is 7.86. The number of methoxy groups -OCH3 is 1. The number of nitrogens with two attached hydrogens (primary N) is 1. The van der Waals surface area contributed by atoms with E-state index in [0.29, 0.717) is 32.3 Å². The monoisotopic (exact) mass is 309 g/mol. The Balaban J connectivity index is 1.74. The summed E-state index contributed by atoms with van der Waals surface area (Å²) < 4.78 is 15.9. The van der Waals surface area contributed by atoms with E-state index >= 15 is 0 Å². The van der Waals surface area contributed by atoms with E-state index in [2.05, 4.69) is 12.1 Å². The van der Waals surface area contributed by atoms with E-state index in [0.717, 1.165) is 25.0 Å². The Hall–Kier alpha value is -1.14. The normalized spacial score (nSPS) is 24.6. The number of aliphatic hydroxyl groups is 1. The maximum absolute atomic E-state index is 9.34. The van der Waals surface area contributed by atoms with Crippen LogP contribution in [-0.2, 0) is 9.47 Å². The van der Waals surface area contributed by atoms with Gasteiger partial charge in [0.25, 0.3) is 0 Å². The van der Waals surface area contributed by atoms with Crippen molar-refractivity contribution in [2.24, 2.45) is 5.73 Å². The van der Waals surface area contributed by atoms with Crippen molar-refractivity contribution < 1.29 is 19.3 Å². The molecule has 1 saturated carbocycles. The summed E-state index contributed by atoms with van der Waals surface area (Å²) in [5.41, 5.74) is 7.00. The highest BCUT2D eigenvalue weighted by atomic mass is 16.5. The number of ether oxygens (including phenoxy) is 3. The van der Waals surface area contributed by atoms with Crippen LogP contribution in [0.4, 0.5) is 0 Å². The predicted molar refractivity (Wildman–Crippen MR) is 85.2 cm³/mol. The van der Waals surface area contributed by atoms with Gasteiger partial charge in [0, 0.05) is 12.6 Å². The first-order valence-electron chi connectivity index (χ1n) is 7.86. The molecule has 22 heavy (non-hydrogen) atoms. The average molecular weight is 309 g/mol. The molecule has 1 aliphatic rings. The second-order valence-corrected chi connectivity index (χ2v) is 5.98. The fourth-order valence-corrected chi connectivity index (χ4v) is 2.88. The van der Waals surface area contributed by atoms with Crippen molar-refractivity contribution in [1.82, 2.24) is 0 Å². The molecule has 0 amide bonds. The Morgan fingerprint density at radius 2 is 1.91 bits per heavy atom. The van der Waals surface area contributed by atoms with Crippen LogP contribution in [0.1, 0.15) is 30.7 Å². The third-order valence-corrected chi connectivity index (χ3v) is 4.24. The van der Waals surface area contributed by atoms with Crippen LogP contribution in [0, 0.1) is 0 Å². The van der Waals surface area contributed by atoms with E-state index in [-0.39, 0.29) is 6.61 Å². The van der Waals surface area contributed by atoms with Crippen molar-refractivity contribution in [1.29, 1.82) is 0 Å². The minimum atomic E-state index is -0.403. The van der Waals surface area contributed by atoms with Crippen molar-refractivity contribution in [3.8, 4) is 5.75 Å². The van der Waals surface area contributed by atoms with E-state index in [1.807, 2.05) is 12.1 Å². The molecule has 0 spiro atoms. The van der Waals surface area contributed by atoms with Gasteiger partial charge >= 0.3 is 0 Å². The smallest absolute Gasteiger partial charge is 0.119 e. The molecule has 1 fully saturated rings. The number of rotatable bonds is 9. The Morgan fingerprint density at radius 3 is 2.55 bits per heavy atom. The first kappa shape index (κ1) is 17.2. The van der Waals surface area contributed by atoms with Gasteiger partial charge in [-0.1, -0.05) is 12.1 Å². The molecule has 5 nitrogen and oxygen atoms in total. The average Bonchev–Trinajstić information content (AvgIpc) is 2.94. The van der Waals surface area contributed by atoms with Gasteiger partial charge in [-0.05, 0) is 42.9 Å². The minimum absolute atomic E-state index is 0.0633. The molecule has 2 rings (SSSR count). The Labute approximate surface area is 132 Å². The summed E-state index contributed by atoms with van der Waals surface area (Å²) in [6.07, 6.45) is 2.76. The van der Waals surface area contributed by atoms with Crippen LogP contribution in [-0.4, -0.2) is 50.8 Å². The maximum Gasteiger partial charge on any atom is 0.119 e. The van der Waals surface area contributed by atoms with Gasteiger partial charge in [-0.2, -0.15) is 0 Å². The Kier molecular flexibility index (Phi) is 6.64. The molecule has 1 aromatic carbocycles. The fourth-order valence-electron chi connectivity index (χ4n) is 2.88. The van der Waals surface area contributed by atoms with Gasteiger partial charge < -0.3 is 25.1 Å². The zero-order valence-corrected chi connectivity index (χ0v) is 13.3. The first-order chi connectivity index (χ1) is 10.7. The molecule has 0 heterocycles. The van der Waals surface area contributed by atoms with Crippen LogP contribution in [0.5, 0.6) is 5.75 Å². The zero-order valence-electron chi connectivity index (χ0n) is 13.3. The van der Waals surface area contributed by atoms with Gasteiger partial charge in [0.1, 0.15) is 12.4 Å². The van der Waals surface area contributed by atoms with Crippen LogP contribution >= 0.6 is 0 Å². The van der Waals surface area contributed by atoms with Gasteiger partial charge in [-0.15, -0.1) is 0 Å². The van der Waals surface area contributed by atoms with Crippen molar-refractivity contribution in [2.75, 3.05) is 40.1 Å². The lowest BCUT2D eigenvalue weighted by atomic mass is 9.94. The second kappa shape index (κ2) is 8.48. The Morgan fingerprint density at radius 1 is 1.18 bits per heavy atom. The summed E-state index contributed by atoms with van der Waals surface area (Å²) in [5, 5.41) is 9.34. The van der Waals surface area contributed by atoms with Crippen molar-refractivity contribution in [3.63, 3.8) is 0 Å². The predicted octanol–water partition coefficient (Wildman–Crippen LogP) is 1.69. The van der Waals surface area contributed by atoms with Crippen LogP contribution in [0.15, 0.2) is 24.3 Å². The lowest BCUT2D eigenvalue weighted by Crippen LogP contribution is -2.40. The summed E-state index contributed by atoms with van der Waals surface area (Å²) in [7, 11) is 1.65. The standard InChI is InChI=1S/C17H27NO4/c1-20-8-9-21-10-11-22-16-4-2-14(3-5-16)15-6-7-17(18,12-15)13-19/h2-5,15,19H,6-13,18H2,1H3/t15-,17-/m1/s1. The SMILES string of the molecule is COCCOCCOc1ccc([C@@H]2CC[C@](N)(CO)C2)cc1. The molecule has 2 atom stereocenters. The zero-order chi connectivity index (χ0) is 15.8. The molecule has 0 radical (unpaired) electrons. The van der Waals surface area contributed by atoms with E-state index in [9.17, 15) is 5.11 Å². The maximum atomic E-state index is 9.34. The number of hydrogen-bond acceptors (Lipinski definition) is 5. The van der Waals surface area contributed by atoms with Crippen molar-refractivity contribution in [2.45, 2.75) is 30.7 Å². The topological polar surface area (TPSA) is 73.9 Å². The molecule has 0 bridgehead atoms. The summed E-state index contributed by atoms with van der Waals surface area (Å²) in [4.78, 5) is 0. The summed E-state index contributed by atoms with van der Waals surface area (Å²) in [6.45, 7) is 2.34. The third kappa shape index (κ3) is 4.95. The molecular weight excluding hydrogens is 282 g/mol. The minimum Gasteiger partial charge on any atom is -0.491 e. The molecule has 0 saturated heterocycles. The molecule has 0 unspecified atom stereocenters. The largest absolute Gasteiger partial charge is 0.491 e. The summed E-state index contributed by atoms with van der Waals surface area (Å²) >= 11 is 0. The van der Waals surface area contributed by atoms with Gasteiger partial charge in [0.2, 0.25) is 0 Å². The van der Waals surface area contributed by atoms with Crippen LogP contribution in [0.3, 0.4) is 0 Å². The van der Waals surface area contributed by atoms with Gasteiger partial charge in [0.15, 0.2) is 0 Å². The van der Waals surface area contributed by atoms with E-state index < -0.39 is 5.54 Å². The number of aliphatic hydroxyl groups excluding tert-OH is 1. The fraction of sp³-hybridized carbons (Fsp3) is 0.647. The lowest BCUT2D eigenvalue weighted by Gasteiger charge is -2.21. The summed E-state index contributed by atoms with van der Waals surface area (Å²) in [5.74, 6) is 1.28. The molecule has 124 valence electrons. The molecule has 1 aromatic rings. The van der Waals surface area contributed by atoms with Gasteiger partial charge in [-0.3, -0.25) is 0 Å². The summed E-state index contributed by atoms with van der Waals surface area (Å²) in [6, 6.07) is 8.16. The molecular formula is C17H27NO4. The van der Waals surface area contributed by atoms with Gasteiger partial charge in [-0.25, -0.2) is 0 Å². The second-order valence-electron chi connectivity index (χ2n) is 5.98. The van der Waals surface area contributed by atoms with E-state index in [4.69, 9.17) is 19.9 Å². The number of hydrogen-bond donors (Lipinski definition) is 2. The van der Waals surface area contributed by atoms with E-state index in [1.165, 1.54) is 5.56 Å². The third-order valence-electron chi connectivity index (χ3n) is 4.24. The molecule has 5 heteroatoms. The Bertz CT molecular complexity index is 437. The van der Waals surface area contributed by atoms with Crippen molar-refractivity contribution in [3.05, 3.63) is 29.8 Å². The van der Waals surface area contributed by atoms with Crippen molar-refractivity contribution >= 4 is 0 Å². The molecule has 3 N–H and O–H groups in total. The lowest BCUT2D eigenvalue weighted by molar-refractivity contribution is 0.0544. The van der Waals surface area contributed by atoms with E-state index in [1.54, 1.807) is 7.11 Å². The highest BCUT2D eigenvalue weighted by molar-refractivity contribution is 5.30. The molecule has 0 aliphatic heterocycles. The highest BCUT2D eigenvalue weighted by Crippen LogP contribution is 2.39. The van der Waals surface area contributed by atoms with Crippen LogP contribution < -0.4 is 10.5 Å². The highest BCUT2D eigenvalue weighted by Gasteiger charge is 2.35. The van der Waals surface area contributed by atoms with Crippen LogP contribution in [0.2, 0.25) is 0 Å². The molecule has 1 aliphatic carbocycles. The quantitative estimate of drug-likeness (QED) is 0.679. The van der Waals surface area contributed by atoms with Crippen LogP contribution in [0.25, 0.3) is 0 Å². The number of benzene rings is 1.